The lowest BCUT2D eigenvalue weighted by Crippen LogP contribution is -1.98. The minimum absolute atomic E-state index is 0.318. The van der Waals surface area contributed by atoms with Crippen molar-refractivity contribution in [3.05, 3.63) is 53.3 Å². The molecular weight excluding hydrogens is 276 g/mol. The minimum Gasteiger partial charge on any atom is -0.454 e. The molecule has 0 N–H and O–H groups in total. The third-order valence-electron chi connectivity index (χ3n) is 4.62. The maximum Gasteiger partial charge on any atom is 0.231 e. The van der Waals surface area contributed by atoms with Crippen LogP contribution in [0.2, 0.25) is 0 Å². The van der Waals surface area contributed by atoms with Crippen LogP contribution >= 0.6 is 0 Å². The molecule has 110 valence electrons. The molecule has 0 atom stereocenters. The summed E-state index contributed by atoms with van der Waals surface area (Å²) < 4.78 is 13.0. The van der Waals surface area contributed by atoms with Gasteiger partial charge in [-0.25, -0.2) is 4.98 Å². The Labute approximate surface area is 128 Å². The van der Waals surface area contributed by atoms with Gasteiger partial charge in [-0.15, -0.1) is 0 Å². The van der Waals surface area contributed by atoms with Crippen LogP contribution in [-0.2, 0) is 19.4 Å². The van der Waals surface area contributed by atoms with E-state index in [1.54, 1.807) is 0 Å². The minimum atomic E-state index is 0.318. The highest BCUT2D eigenvalue weighted by atomic mass is 16.7. The molecule has 1 aliphatic carbocycles. The molecular formula is C18H16N2O2. The van der Waals surface area contributed by atoms with Crippen LogP contribution in [-0.4, -0.2) is 16.3 Å². The van der Waals surface area contributed by atoms with Gasteiger partial charge in [0, 0.05) is 6.54 Å². The number of hydrogen-bond acceptors (Lipinski definition) is 3. The topological polar surface area (TPSA) is 36.3 Å². The Kier molecular flexibility index (Phi) is 2.47. The first kappa shape index (κ1) is 12.1. The molecule has 0 spiro atoms. The third kappa shape index (κ3) is 1.80. The predicted octanol–water partition coefficient (Wildman–Crippen LogP) is 3.30. The van der Waals surface area contributed by atoms with Crippen LogP contribution in [0.4, 0.5) is 0 Å². The average Bonchev–Trinajstić information content (AvgIpc) is 3.24. The summed E-state index contributed by atoms with van der Waals surface area (Å²) >= 11 is 0. The highest BCUT2D eigenvalue weighted by molar-refractivity contribution is 5.78. The Hall–Kier alpha value is -2.49. The Bertz CT molecular complexity index is 882. The van der Waals surface area contributed by atoms with Gasteiger partial charge in [-0.05, 0) is 60.2 Å². The number of aromatic nitrogens is 2. The molecule has 0 unspecified atom stereocenters. The molecule has 0 bridgehead atoms. The highest BCUT2D eigenvalue weighted by Gasteiger charge is 2.16. The number of nitrogens with zero attached hydrogens (tertiary/aromatic N) is 2. The van der Waals surface area contributed by atoms with Gasteiger partial charge in [0.25, 0.3) is 0 Å². The standard InChI is InChI=1S/C18H16N2O2/c1-2-13-7-15-16(8-14(13)3-1)20(10-19-15)9-12-4-5-17-18(6-12)22-11-21-17/h4-8,10H,1-3,9,11H2. The SMILES string of the molecule is c1cc2c(cc1Cn1cnc3cc4c(cc31)CCC4)OCO2. The highest BCUT2D eigenvalue weighted by Crippen LogP contribution is 2.33. The van der Waals surface area contributed by atoms with Crippen molar-refractivity contribution in [2.75, 3.05) is 6.79 Å². The smallest absolute Gasteiger partial charge is 0.231 e. The fourth-order valence-corrected chi connectivity index (χ4v) is 3.49. The van der Waals surface area contributed by atoms with Gasteiger partial charge >= 0.3 is 0 Å². The van der Waals surface area contributed by atoms with Gasteiger partial charge < -0.3 is 14.0 Å². The van der Waals surface area contributed by atoms with Crippen LogP contribution in [0.1, 0.15) is 23.1 Å². The Morgan fingerprint density at radius 2 is 1.86 bits per heavy atom. The lowest BCUT2D eigenvalue weighted by atomic mass is 10.1. The van der Waals surface area contributed by atoms with Crippen LogP contribution in [0.3, 0.4) is 0 Å². The number of rotatable bonds is 2. The second-order valence-corrected chi connectivity index (χ2v) is 6.02. The van der Waals surface area contributed by atoms with E-state index in [4.69, 9.17) is 9.47 Å². The van der Waals surface area contributed by atoms with E-state index in [0.717, 1.165) is 23.6 Å². The molecule has 0 saturated heterocycles. The summed E-state index contributed by atoms with van der Waals surface area (Å²) in [6.45, 7) is 1.12. The molecule has 0 fully saturated rings. The molecule has 0 saturated carbocycles. The molecule has 5 rings (SSSR count). The maximum absolute atomic E-state index is 5.46. The molecule has 1 aliphatic heterocycles. The zero-order valence-electron chi connectivity index (χ0n) is 12.2. The van der Waals surface area contributed by atoms with Crippen molar-refractivity contribution in [3.63, 3.8) is 0 Å². The van der Waals surface area contributed by atoms with Crippen molar-refractivity contribution >= 4 is 11.0 Å². The lowest BCUT2D eigenvalue weighted by Gasteiger charge is -2.07. The Morgan fingerprint density at radius 1 is 1.00 bits per heavy atom. The first-order chi connectivity index (χ1) is 10.9. The van der Waals surface area contributed by atoms with Crippen molar-refractivity contribution in [1.82, 2.24) is 9.55 Å². The summed E-state index contributed by atoms with van der Waals surface area (Å²) in [4.78, 5) is 4.57. The first-order valence-corrected chi connectivity index (χ1v) is 7.72. The van der Waals surface area contributed by atoms with Crippen LogP contribution in [0.15, 0.2) is 36.7 Å². The summed E-state index contributed by atoms with van der Waals surface area (Å²) in [5.41, 5.74) is 6.48. The lowest BCUT2D eigenvalue weighted by molar-refractivity contribution is 0.174. The van der Waals surface area contributed by atoms with Crippen molar-refractivity contribution in [2.45, 2.75) is 25.8 Å². The molecule has 4 nitrogen and oxygen atoms in total. The van der Waals surface area contributed by atoms with Gasteiger partial charge in [-0.2, -0.15) is 0 Å². The maximum atomic E-state index is 5.46. The second kappa shape index (κ2) is 4.50. The van der Waals surface area contributed by atoms with Crippen molar-refractivity contribution in [1.29, 1.82) is 0 Å². The van der Waals surface area contributed by atoms with E-state index in [0.29, 0.717) is 6.79 Å². The quantitative estimate of drug-likeness (QED) is 0.727. The molecule has 4 heteroatoms. The Morgan fingerprint density at radius 3 is 2.82 bits per heavy atom. The van der Waals surface area contributed by atoms with Gasteiger partial charge in [0.15, 0.2) is 11.5 Å². The van der Waals surface area contributed by atoms with Gasteiger partial charge in [0.05, 0.1) is 17.4 Å². The third-order valence-corrected chi connectivity index (χ3v) is 4.62. The number of hydrogen-bond donors (Lipinski definition) is 0. The van der Waals surface area contributed by atoms with Gasteiger partial charge in [0.1, 0.15) is 0 Å². The number of fused-ring (bicyclic) bond motifs is 3. The first-order valence-electron chi connectivity index (χ1n) is 7.72. The van der Waals surface area contributed by atoms with E-state index in [9.17, 15) is 0 Å². The number of benzene rings is 2. The molecule has 0 amide bonds. The molecule has 2 aliphatic rings. The monoisotopic (exact) mass is 292 g/mol. The fourth-order valence-electron chi connectivity index (χ4n) is 3.49. The van der Waals surface area contributed by atoms with Crippen LogP contribution in [0.25, 0.3) is 11.0 Å². The molecule has 1 aromatic heterocycles. The van der Waals surface area contributed by atoms with Gasteiger partial charge in [0.2, 0.25) is 6.79 Å². The van der Waals surface area contributed by atoms with Crippen LogP contribution < -0.4 is 9.47 Å². The molecule has 2 heterocycles. The van der Waals surface area contributed by atoms with Gasteiger partial charge in [-0.1, -0.05) is 6.07 Å². The summed E-state index contributed by atoms with van der Waals surface area (Å²) in [6.07, 6.45) is 5.59. The summed E-state index contributed by atoms with van der Waals surface area (Å²) in [7, 11) is 0. The van der Waals surface area contributed by atoms with E-state index in [2.05, 4.69) is 33.8 Å². The predicted molar refractivity (Wildman–Crippen MR) is 83.4 cm³/mol. The molecule has 0 radical (unpaired) electrons. The van der Waals surface area contributed by atoms with E-state index in [1.165, 1.54) is 41.5 Å². The number of aryl methyl sites for hydroxylation is 2. The van der Waals surface area contributed by atoms with E-state index in [1.807, 2.05) is 12.4 Å². The zero-order chi connectivity index (χ0) is 14.5. The van der Waals surface area contributed by atoms with Gasteiger partial charge in [-0.3, -0.25) is 0 Å². The summed E-state index contributed by atoms with van der Waals surface area (Å²) in [5, 5.41) is 0. The van der Waals surface area contributed by atoms with Crippen molar-refractivity contribution in [2.24, 2.45) is 0 Å². The van der Waals surface area contributed by atoms with Crippen molar-refractivity contribution in [3.8, 4) is 11.5 Å². The van der Waals surface area contributed by atoms with Crippen LogP contribution in [0.5, 0.6) is 11.5 Å². The van der Waals surface area contributed by atoms with E-state index in [-0.39, 0.29) is 0 Å². The summed E-state index contributed by atoms with van der Waals surface area (Å²) in [6, 6.07) is 10.7. The Balaban J connectivity index is 1.54. The molecule has 22 heavy (non-hydrogen) atoms. The zero-order valence-corrected chi connectivity index (χ0v) is 12.2. The second-order valence-electron chi connectivity index (χ2n) is 6.02. The fraction of sp³-hybridized carbons (Fsp3) is 0.278. The largest absolute Gasteiger partial charge is 0.454 e. The molecule has 2 aromatic carbocycles. The molecule has 3 aromatic rings. The number of ether oxygens (including phenoxy) is 2. The van der Waals surface area contributed by atoms with Crippen molar-refractivity contribution < 1.29 is 9.47 Å². The van der Waals surface area contributed by atoms with Crippen LogP contribution in [0, 0.1) is 0 Å². The van der Waals surface area contributed by atoms with E-state index >= 15 is 0 Å². The average molecular weight is 292 g/mol. The van der Waals surface area contributed by atoms with E-state index < -0.39 is 0 Å². The normalized spacial score (nSPS) is 15.5. The number of imidazole rings is 1. The summed E-state index contributed by atoms with van der Waals surface area (Å²) in [5.74, 6) is 1.67.